The van der Waals surface area contributed by atoms with Crippen molar-refractivity contribution < 1.29 is 19.1 Å². The Labute approximate surface area is 183 Å². The molecule has 3 heterocycles. The second-order valence-electron chi connectivity index (χ2n) is 7.33. The summed E-state index contributed by atoms with van der Waals surface area (Å²) in [5, 5.41) is 21.4. The molecule has 31 heavy (non-hydrogen) atoms. The largest absolute Gasteiger partial charge is 0.502 e. The number of aliphatic hydroxyl groups excluding tert-OH is 1. The zero-order chi connectivity index (χ0) is 21.5. The van der Waals surface area contributed by atoms with E-state index in [-0.39, 0.29) is 23.1 Å². The van der Waals surface area contributed by atoms with E-state index in [0.717, 1.165) is 43.1 Å². The number of rotatable bonds is 3. The van der Waals surface area contributed by atoms with Gasteiger partial charge in [0.1, 0.15) is 0 Å². The molecule has 2 aliphatic rings. The first-order valence-corrected chi connectivity index (χ1v) is 10.2. The molecule has 1 aromatic heterocycles. The number of carbonyl (C=O) groups is 1. The van der Waals surface area contributed by atoms with E-state index >= 15 is 0 Å². The number of benzene rings is 2. The number of hydrogen-bond donors (Lipinski definition) is 2. The maximum absolute atomic E-state index is 12.6. The maximum Gasteiger partial charge on any atom is 0.283 e. The lowest BCUT2D eigenvalue weighted by Crippen LogP contribution is -2.36. The van der Waals surface area contributed by atoms with E-state index < -0.39 is 5.91 Å². The highest BCUT2D eigenvalue weighted by molar-refractivity contribution is 6.38. The first-order valence-electron chi connectivity index (χ1n) is 9.83. The highest BCUT2D eigenvalue weighted by atomic mass is 35.5. The number of anilines is 2. The van der Waals surface area contributed by atoms with Gasteiger partial charge in [-0.15, -0.1) is 10.2 Å². The summed E-state index contributed by atoms with van der Waals surface area (Å²) in [6.45, 7) is 4.76. The summed E-state index contributed by atoms with van der Waals surface area (Å²) in [6.07, 6.45) is 0. The number of hydrogen-bond acceptors (Lipinski definition) is 7. The second-order valence-corrected chi connectivity index (χ2v) is 7.74. The third-order valence-electron chi connectivity index (χ3n) is 5.37. The van der Waals surface area contributed by atoms with Crippen molar-refractivity contribution in [2.75, 3.05) is 36.5 Å². The lowest BCUT2D eigenvalue weighted by Gasteiger charge is -2.29. The molecule has 0 atom stereocenters. The number of aromatic nitrogens is 2. The van der Waals surface area contributed by atoms with Gasteiger partial charge in [-0.05, 0) is 29.8 Å². The van der Waals surface area contributed by atoms with Crippen LogP contribution in [0.4, 0.5) is 11.4 Å². The molecule has 9 heteroatoms. The molecule has 1 amide bonds. The van der Waals surface area contributed by atoms with Gasteiger partial charge < -0.3 is 24.5 Å². The van der Waals surface area contributed by atoms with Crippen molar-refractivity contribution in [3.8, 4) is 11.1 Å². The van der Waals surface area contributed by atoms with E-state index in [1.165, 1.54) is 0 Å². The molecule has 1 saturated heterocycles. The predicted molar refractivity (Wildman–Crippen MR) is 117 cm³/mol. The summed E-state index contributed by atoms with van der Waals surface area (Å²) in [4.78, 5) is 14.8. The zero-order valence-corrected chi connectivity index (χ0v) is 17.4. The van der Waals surface area contributed by atoms with Crippen molar-refractivity contribution in [2.24, 2.45) is 0 Å². The SMILES string of the molecule is Cc1nnc(C(O)=C2C(=O)Nc3cc(Cl)c(-c4ccc(N5CCOCC5)cc4)cc32)o1. The van der Waals surface area contributed by atoms with E-state index in [9.17, 15) is 9.90 Å². The van der Waals surface area contributed by atoms with Crippen LogP contribution in [0.15, 0.2) is 40.8 Å². The molecule has 2 N–H and O–H groups in total. The fraction of sp³-hybridized carbons (Fsp3) is 0.227. The zero-order valence-electron chi connectivity index (χ0n) is 16.7. The fourth-order valence-electron chi connectivity index (χ4n) is 3.82. The van der Waals surface area contributed by atoms with Crippen LogP contribution in [-0.4, -0.2) is 47.5 Å². The van der Waals surface area contributed by atoms with Gasteiger partial charge in [-0.25, -0.2) is 0 Å². The van der Waals surface area contributed by atoms with Gasteiger partial charge in [-0.1, -0.05) is 23.7 Å². The average molecular weight is 439 g/mol. The number of nitrogens with zero attached hydrogens (tertiary/aromatic N) is 3. The summed E-state index contributed by atoms with van der Waals surface area (Å²) in [5.41, 5.74) is 3.87. The maximum atomic E-state index is 12.6. The molecule has 2 aromatic carbocycles. The Kier molecular flexibility index (Phi) is 4.88. The van der Waals surface area contributed by atoms with E-state index in [4.69, 9.17) is 20.8 Å². The van der Waals surface area contributed by atoms with Gasteiger partial charge in [0.25, 0.3) is 11.8 Å². The number of fused-ring (bicyclic) bond motifs is 1. The average Bonchev–Trinajstić information content (AvgIpc) is 3.35. The van der Waals surface area contributed by atoms with Crippen LogP contribution >= 0.6 is 11.6 Å². The number of amides is 1. The first kappa shape index (κ1) is 19.6. The van der Waals surface area contributed by atoms with E-state index in [1.807, 2.05) is 24.3 Å². The standard InChI is InChI=1S/C22H19ClN4O4/c1-12-25-26-22(31-12)20(28)19-16-10-15(17(23)11-18(16)24-21(19)29)13-2-4-14(5-3-13)27-6-8-30-9-7-27/h2-5,10-11,28H,6-9H2,1H3,(H,24,29). The van der Waals surface area contributed by atoms with Crippen molar-refractivity contribution in [2.45, 2.75) is 6.92 Å². The molecule has 0 spiro atoms. The molecule has 5 rings (SSSR count). The van der Waals surface area contributed by atoms with Crippen molar-refractivity contribution in [3.63, 3.8) is 0 Å². The van der Waals surface area contributed by atoms with Crippen molar-refractivity contribution in [1.29, 1.82) is 0 Å². The molecule has 0 radical (unpaired) electrons. The lowest BCUT2D eigenvalue weighted by atomic mass is 9.98. The monoisotopic (exact) mass is 438 g/mol. The van der Waals surface area contributed by atoms with Gasteiger partial charge >= 0.3 is 0 Å². The minimum Gasteiger partial charge on any atom is -0.502 e. The summed E-state index contributed by atoms with van der Waals surface area (Å²) >= 11 is 6.53. The Morgan fingerprint density at radius 1 is 1.13 bits per heavy atom. The number of carbonyl (C=O) groups excluding carboxylic acids is 1. The molecule has 0 aliphatic carbocycles. The third kappa shape index (κ3) is 3.54. The van der Waals surface area contributed by atoms with Crippen LogP contribution in [0, 0.1) is 6.92 Å². The topological polar surface area (TPSA) is 101 Å². The predicted octanol–water partition coefficient (Wildman–Crippen LogP) is 3.91. The quantitative estimate of drug-likeness (QED) is 0.472. The first-order chi connectivity index (χ1) is 15.0. The Balaban J connectivity index is 1.54. The number of nitrogens with one attached hydrogen (secondary N) is 1. The van der Waals surface area contributed by atoms with Crippen LogP contribution < -0.4 is 10.2 Å². The van der Waals surface area contributed by atoms with Crippen LogP contribution in [0.25, 0.3) is 22.5 Å². The molecular weight excluding hydrogens is 420 g/mol. The molecule has 158 valence electrons. The van der Waals surface area contributed by atoms with Gasteiger partial charge in [-0.3, -0.25) is 4.79 Å². The number of halogens is 1. The van der Waals surface area contributed by atoms with Gasteiger partial charge in [0.05, 0.1) is 29.5 Å². The van der Waals surface area contributed by atoms with E-state index in [1.54, 1.807) is 19.1 Å². The number of aryl methyl sites for hydroxylation is 1. The lowest BCUT2D eigenvalue weighted by molar-refractivity contribution is -0.110. The number of morpholine rings is 1. The fourth-order valence-corrected chi connectivity index (χ4v) is 4.09. The molecule has 0 unspecified atom stereocenters. The third-order valence-corrected chi connectivity index (χ3v) is 5.68. The Bertz CT molecular complexity index is 1200. The van der Waals surface area contributed by atoms with Crippen LogP contribution in [-0.2, 0) is 9.53 Å². The molecule has 3 aromatic rings. The van der Waals surface area contributed by atoms with Gasteiger partial charge in [0.2, 0.25) is 5.89 Å². The highest BCUT2D eigenvalue weighted by Crippen LogP contribution is 2.42. The Morgan fingerprint density at radius 2 is 1.87 bits per heavy atom. The summed E-state index contributed by atoms with van der Waals surface area (Å²) in [6, 6.07) is 11.5. The van der Waals surface area contributed by atoms with E-state index in [0.29, 0.717) is 16.3 Å². The molecule has 1 fully saturated rings. The smallest absolute Gasteiger partial charge is 0.283 e. The van der Waals surface area contributed by atoms with Crippen LogP contribution in [0.2, 0.25) is 5.02 Å². The van der Waals surface area contributed by atoms with Crippen LogP contribution in [0.1, 0.15) is 17.3 Å². The van der Waals surface area contributed by atoms with Crippen molar-refractivity contribution in [1.82, 2.24) is 10.2 Å². The highest BCUT2D eigenvalue weighted by Gasteiger charge is 2.31. The molecular formula is C22H19ClN4O4. The number of ether oxygens (including phenoxy) is 1. The molecule has 2 aliphatic heterocycles. The van der Waals surface area contributed by atoms with Crippen molar-refractivity contribution >= 4 is 40.2 Å². The summed E-state index contributed by atoms with van der Waals surface area (Å²) in [7, 11) is 0. The van der Waals surface area contributed by atoms with Gasteiger partial charge in [0, 0.05) is 36.8 Å². The van der Waals surface area contributed by atoms with Crippen LogP contribution in [0.5, 0.6) is 0 Å². The minimum absolute atomic E-state index is 0.0708. The Hall–Kier alpha value is -3.36. The Morgan fingerprint density at radius 3 is 2.55 bits per heavy atom. The number of aliphatic hydroxyl groups is 1. The molecule has 8 nitrogen and oxygen atoms in total. The van der Waals surface area contributed by atoms with Crippen LogP contribution in [0.3, 0.4) is 0 Å². The molecule has 0 saturated carbocycles. The van der Waals surface area contributed by atoms with Gasteiger partial charge in [0.15, 0.2) is 5.76 Å². The van der Waals surface area contributed by atoms with Crippen molar-refractivity contribution in [3.05, 3.63) is 58.8 Å². The molecule has 0 bridgehead atoms. The summed E-state index contributed by atoms with van der Waals surface area (Å²) < 4.78 is 10.7. The minimum atomic E-state index is -0.459. The van der Waals surface area contributed by atoms with Gasteiger partial charge in [-0.2, -0.15) is 0 Å². The normalized spacial score (nSPS) is 17.5. The second kappa shape index (κ2) is 7.72. The van der Waals surface area contributed by atoms with E-state index in [2.05, 4.69) is 20.4 Å². The summed E-state index contributed by atoms with van der Waals surface area (Å²) in [5.74, 6) is -0.646.